The van der Waals surface area contributed by atoms with Crippen LogP contribution in [0.2, 0.25) is 0 Å². The Hall–Kier alpha value is -0.781. The van der Waals surface area contributed by atoms with E-state index in [0.717, 1.165) is 23.0 Å². The monoisotopic (exact) mass is 534 g/mol. The van der Waals surface area contributed by atoms with Crippen molar-refractivity contribution < 1.29 is 18.9 Å². The van der Waals surface area contributed by atoms with Crippen LogP contribution >= 0.6 is 0 Å². The Kier molecular flexibility index (Phi) is 6.99. The van der Waals surface area contributed by atoms with E-state index >= 15 is 0 Å². The Morgan fingerprint density at radius 1 is 0.545 bits per heavy atom. The molecule has 0 aromatic heterocycles. The Bertz CT molecular complexity index is 532. The fourth-order valence-corrected chi connectivity index (χ4v) is 14.5. The molecule has 0 unspecified atom stereocenters. The molecule has 0 N–H and O–H groups in total. The number of hydrogen-bond donors (Lipinski definition) is 0. The average molecular weight is 530 g/mol. The summed E-state index contributed by atoms with van der Waals surface area (Å²) in [6.45, 7) is 0. The van der Waals surface area contributed by atoms with Crippen LogP contribution in [0.25, 0.3) is 0 Å². The molecule has 0 aliphatic carbocycles. The summed E-state index contributed by atoms with van der Waals surface area (Å²) in [6.07, 6.45) is 0. The Balaban J connectivity index is 2.31. The first-order chi connectivity index (χ1) is 10.7. The van der Waals surface area contributed by atoms with E-state index in [2.05, 4.69) is 0 Å². The van der Waals surface area contributed by atoms with E-state index in [9.17, 15) is 0 Å². The summed E-state index contributed by atoms with van der Waals surface area (Å²) in [4.78, 5) is 0. The number of hydrogen-bond acceptors (Lipinski definition) is 4. The van der Waals surface area contributed by atoms with E-state index in [0.29, 0.717) is 0 Å². The van der Waals surface area contributed by atoms with Crippen molar-refractivity contribution in [3.63, 3.8) is 0 Å². The minimum atomic E-state index is -0.439. The Labute approximate surface area is 147 Å². The van der Waals surface area contributed by atoms with E-state index in [-0.39, 0.29) is 0 Å². The molecule has 0 radical (unpaired) electrons. The number of benzene rings is 2. The first-order valence-electron chi connectivity index (χ1n) is 6.51. The van der Waals surface area contributed by atoms with Gasteiger partial charge in [0.05, 0.1) is 0 Å². The van der Waals surface area contributed by atoms with Crippen LogP contribution in [0.5, 0.6) is 23.0 Å². The molecule has 0 saturated heterocycles. The molecule has 2 rings (SSSR count). The van der Waals surface area contributed by atoms with E-state index < -0.39 is 34.1 Å². The summed E-state index contributed by atoms with van der Waals surface area (Å²) in [6, 6.07) is 11.9. The van der Waals surface area contributed by atoms with Gasteiger partial charge in [0.1, 0.15) is 0 Å². The van der Waals surface area contributed by atoms with E-state index in [1.54, 1.807) is 28.4 Å². The maximum absolute atomic E-state index is 5.50. The van der Waals surface area contributed by atoms with Gasteiger partial charge < -0.3 is 0 Å². The number of rotatable bonds is 7. The van der Waals surface area contributed by atoms with Crippen LogP contribution in [-0.2, 0) is 0 Å². The SMILES string of the molecule is COc1cccc(OC)c1[Te][Te]c1c(OC)cccc1OC. The van der Waals surface area contributed by atoms with Gasteiger partial charge in [0.25, 0.3) is 0 Å². The molecule has 0 atom stereocenters. The van der Waals surface area contributed by atoms with Crippen LogP contribution in [0.3, 0.4) is 0 Å². The zero-order chi connectivity index (χ0) is 15.9. The molecule has 0 bridgehead atoms. The Morgan fingerprint density at radius 3 is 1.05 bits per heavy atom. The van der Waals surface area contributed by atoms with Gasteiger partial charge in [0.2, 0.25) is 0 Å². The molecular weight excluding hydrogens is 511 g/mol. The van der Waals surface area contributed by atoms with Gasteiger partial charge in [-0.25, -0.2) is 0 Å². The van der Waals surface area contributed by atoms with Crippen LogP contribution < -0.4 is 26.2 Å². The third-order valence-corrected chi connectivity index (χ3v) is 14.4. The van der Waals surface area contributed by atoms with E-state index in [1.165, 1.54) is 7.22 Å². The molecule has 118 valence electrons. The average Bonchev–Trinajstić information content (AvgIpc) is 2.58. The van der Waals surface area contributed by atoms with Gasteiger partial charge in [-0.15, -0.1) is 0 Å². The molecule has 0 aliphatic heterocycles. The molecule has 0 fully saturated rings. The van der Waals surface area contributed by atoms with Crippen molar-refractivity contribution in [1.82, 2.24) is 0 Å². The van der Waals surface area contributed by atoms with Crippen LogP contribution in [0.4, 0.5) is 0 Å². The topological polar surface area (TPSA) is 36.9 Å². The molecule has 0 heterocycles. The second-order valence-electron chi connectivity index (χ2n) is 4.15. The first kappa shape index (κ1) is 17.6. The summed E-state index contributed by atoms with van der Waals surface area (Å²) >= 11 is -0.879. The standard InChI is InChI=1S/C16H18O4Te2/c1-17-11-7-5-8-12(18-2)15(11)21-22-16-13(19-3)9-6-10-14(16)20-4/h5-10H,1-4H3. The summed E-state index contributed by atoms with van der Waals surface area (Å²) in [5.41, 5.74) is 0. The predicted octanol–water partition coefficient (Wildman–Crippen LogP) is 0.995. The van der Waals surface area contributed by atoms with Crippen molar-refractivity contribution in [2.24, 2.45) is 0 Å². The van der Waals surface area contributed by atoms with Crippen LogP contribution in [0, 0.1) is 0 Å². The minimum absolute atomic E-state index is 0.439. The summed E-state index contributed by atoms with van der Waals surface area (Å²) < 4.78 is 24.5. The molecule has 0 saturated carbocycles. The van der Waals surface area contributed by atoms with Crippen molar-refractivity contribution in [3.05, 3.63) is 36.4 Å². The van der Waals surface area contributed by atoms with Gasteiger partial charge in [-0.3, -0.25) is 0 Å². The zero-order valence-electron chi connectivity index (χ0n) is 12.9. The van der Waals surface area contributed by atoms with Gasteiger partial charge >= 0.3 is 148 Å². The fraction of sp³-hybridized carbons (Fsp3) is 0.250. The summed E-state index contributed by atoms with van der Waals surface area (Å²) in [5, 5.41) is 0. The van der Waals surface area contributed by atoms with Crippen molar-refractivity contribution in [3.8, 4) is 23.0 Å². The number of methoxy groups -OCH3 is 4. The van der Waals surface area contributed by atoms with Crippen LogP contribution in [-0.4, -0.2) is 62.6 Å². The molecule has 22 heavy (non-hydrogen) atoms. The van der Waals surface area contributed by atoms with Gasteiger partial charge in [0.15, 0.2) is 0 Å². The second-order valence-corrected chi connectivity index (χ2v) is 13.8. The van der Waals surface area contributed by atoms with Crippen molar-refractivity contribution in [2.45, 2.75) is 0 Å². The van der Waals surface area contributed by atoms with Gasteiger partial charge in [0, 0.05) is 0 Å². The quantitative estimate of drug-likeness (QED) is 0.502. The zero-order valence-corrected chi connectivity index (χ0v) is 17.6. The third-order valence-electron chi connectivity index (χ3n) is 2.97. The molecule has 4 nitrogen and oxygen atoms in total. The molecular formula is C16H18O4Te2. The summed E-state index contributed by atoms with van der Waals surface area (Å²) in [5.74, 6) is 3.67. The van der Waals surface area contributed by atoms with Crippen molar-refractivity contribution in [2.75, 3.05) is 28.4 Å². The molecule has 2 aromatic carbocycles. The van der Waals surface area contributed by atoms with E-state index in [4.69, 9.17) is 18.9 Å². The Morgan fingerprint density at radius 2 is 0.818 bits per heavy atom. The fourth-order valence-electron chi connectivity index (χ4n) is 1.88. The summed E-state index contributed by atoms with van der Waals surface area (Å²) in [7, 11) is 6.82. The second kappa shape index (κ2) is 8.75. The third kappa shape index (κ3) is 3.94. The van der Waals surface area contributed by atoms with Crippen molar-refractivity contribution in [1.29, 1.82) is 0 Å². The van der Waals surface area contributed by atoms with E-state index in [1.807, 2.05) is 36.4 Å². The molecule has 0 aliphatic rings. The maximum atomic E-state index is 5.50. The molecule has 2 aromatic rings. The van der Waals surface area contributed by atoms with Gasteiger partial charge in [-0.1, -0.05) is 0 Å². The number of ether oxygens (including phenoxy) is 4. The van der Waals surface area contributed by atoms with Crippen LogP contribution in [0.1, 0.15) is 0 Å². The molecule has 0 amide bonds. The molecule has 0 spiro atoms. The predicted molar refractivity (Wildman–Crippen MR) is 89.9 cm³/mol. The first-order valence-corrected chi connectivity index (χ1v) is 16.2. The van der Waals surface area contributed by atoms with Crippen LogP contribution in [0.15, 0.2) is 36.4 Å². The molecule has 6 heteroatoms. The van der Waals surface area contributed by atoms with Gasteiger partial charge in [-0.2, -0.15) is 0 Å². The van der Waals surface area contributed by atoms with Crippen molar-refractivity contribution >= 4 is 41.3 Å². The normalized spacial score (nSPS) is 10.2. The van der Waals surface area contributed by atoms with Gasteiger partial charge in [-0.05, 0) is 0 Å².